The van der Waals surface area contributed by atoms with E-state index in [0.717, 1.165) is 12.8 Å². The van der Waals surface area contributed by atoms with Gasteiger partial charge in [0.15, 0.2) is 0 Å². The lowest BCUT2D eigenvalue weighted by atomic mass is 10.2. The average Bonchev–Trinajstić information content (AvgIpc) is 3.45. The molecule has 1 saturated carbocycles. The van der Waals surface area contributed by atoms with E-state index in [4.69, 9.17) is 0 Å². The predicted octanol–water partition coefficient (Wildman–Crippen LogP) is 3.21. The van der Waals surface area contributed by atoms with Crippen molar-refractivity contribution in [3.63, 3.8) is 0 Å². The minimum Gasteiger partial charge on any atom is -0.348 e. The van der Waals surface area contributed by atoms with Crippen molar-refractivity contribution < 1.29 is 17.6 Å². The van der Waals surface area contributed by atoms with E-state index in [9.17, 15) is 17.6 Å². The van der Waals surface area contributed by atoms with Crippen LogP contribution in [0.2, 0.25) is 0 Å². The van der Waals surface area contributed by atoms with Gasteiger partial charge >= 0.3 is 0 Å². The number of amides is 1. The maximum Gasteiger partial charge on any atom is 0.251 e. The summed E-state index contributed by atoms with van der Waals surface area (Å²) in [5, 5.41) is 2.61. The van der Waals surface area contributed by atoms with Crippen LogP contribution in [-0.2, 0) is 16.6 Å². The van der Waals surface area contributed by atoms with Crippen molar-refractivity contribution in [2.24, 2.45) is 5.92 Å². The lowest BCUT2D eigenvalue weighted by molar-refractivity contribution is 0.0950. The van der Waals surface area contributed by atoms with Gasteiger partial charge < -0.3 is 5.32 Å². The zero-order valence-corrected chi connectivity index (χ0v) is 16.2. The van der Waals surface area contributed by atoms with E-state index in [2.05, 4.69) is 26.0 Å². The molecule has 0 atom stereocenters. The summed E-state index contributed by atoms with van der Waals surface area (Å²) in [5.41, 5.74) is 0.539. The predicted molar refractivity (Wildman–Crippen MR) is 99.6 cm³/mol. The SMILES string of the molecule is O=C(NCc1cc(Br)ccc1F)c1cccc(S(=O)(=O)NCC2CC2)c1. The van der Waals surface area contributed by atoms with Gasteiger partial charge in [-0.3, -0.25) is 4.79 Å². The number of nitrogens with one attached hydrogen (secondary N) is 2. The lowest BCUT2D eigenvalue weighted by Gasteiger charge is -2.09. The molecule has 1 amide bonds. The molecule has 0 bridgehead atoms. The molecular formula is C18H18BrFN2O3S. The molecule has 0 radical (unpaired) electrons. The van der Waals surface area contributed by atoms with Crippen molar-refractivity contribution in [2.45, 2.75) is 24.3 Å². The number of hydrogen-bond donors (Lipinski definition) is 2. The molecule has 26 heavy (non-hydrogen) atoms. The van der Waals surface area contributed by atoms with E-state index >= 15 is 0 Å². The molecule has 0 heterocycles. The highest BCUT2D eigenvalue weighted by Gasteiger charge is 2.24. The van der Waals surface area contributed by atoms with Gasteiger partial charge in [0.1, 0.15) is 5.82 Å². The minimum atomic E-state index is -3.65. The van der Waals surface area contributed by atoms with Crippen LogP contribution in [0.5, 0.6) is 0 Å². The van der Waals surface area contributed by atoms with Crippen LogP contribution in [-0.4, -0.2) is 20.9 Å². The standard InChI is InChI=1S/C18H18BrFN2O3S/c19-15-6-7-17(20)14(8-15)11-21-18(23)13-2-1-3-16(9-13)26(24,25)22-10-12-4-5-12/h1-3,6-9,12,22H,4-5,10-11H2,(H,21,23). The molecule has 0 saturated heterocycles. The summed E-state index contributed by atoms with van der Waals surface area (Å²) in [7, 11) is -3.65. The first-order chi connectivity index (χ1) is 12.3. The molecule has 0 unspecified atom stereocenters. The number of carbonyl (C=O) groups is 1. The molecule has 2 aromatic carbocycles. The highest BCUT2D eigenvalue weighted by Crippen LogP contribution is 2.28. The summed E-state index contributed by atoms with van der Waals surface area (Å²) in [6, 6.07) is 10.3. The van der Waals surface area contributed by atoms with Gasteiger partial charge in [0.2, 0.25) is 10.0 Å². The molecule has 1 aliphatic rings. The summed E-state index contributed by atoms with van der Waals surface area (Å²) < 4.78 is 41.6. The zero-order valence-electron chi connectivity index (χ0n) is 13.8. The number of sulfonamides is 1. The van der Waals surface area contributed by atoms with Crippen LogP contribution in [0.3, 0.4) is 0 Å². The summed E-state index contributed by atoms with van der Waals surface area (Å²) in [5.74, 6) is -0.478. The van der Waals surface area contributed by atoms with Gasteiger partial charge in [0.25, 0.3) is 5.91 Å². The Hall–Kier alpha value is -1.77. The van der Waals surface area contributed by atoms with E-state index in [-0.39, 0.29) is 17.0 Å². The third-order valence-corrected chi connectivity index (χ3v) is 6.03. The lowest BCUT2D eigenvalue weighted by Crippen LogP contribution is -2.27. The third kappa shape index (κ3) is 4.90. The monoisotopic (exact) mass is 440 g/mol. The van der Waals surface area contributed by atoms with Crippen molar-refractivity contribution >= 4 is 31.9 Å². The van der Waals surface area contributed by atoms with Crippen molar-refractivity contribution in [1.29, 1.82) is 0 Å². The normalized spacial score (nSPS) is 14.2. The van der Waals surface area contributed by atoms with Gasteiger partial charge in [0.05, 0.1) is 4.90 Å². The second kappa shape index (κ2) is 7.85. The molecule has 0 spiro atoms. The van der Waals surface area contributed by atoms with Crippen LogP contribution < -0.4 is 10.0 Å². The fraction of sp³-hybridized carbons (Fsp3) is 0.278. The Morgan fingerprint density at radius 2 is 1.96 bits per heavy atom. The number of benzene rings is 2. The van der Waals surface area contributed by atoms with Crippen molar-refractivity contribution in [1.82, 2.24) is 10.0 Å². The maximum atomic E-state index is 13.7. The highest BCUT2D eigenvalue weighted by atomic mass is 79.9. The second-order valence-electron chi connectivity index (χ2n) is 6.24. The number of halogens is 2. The van der Waals surface area contributed by atoms with Gasteiger partial charge in [-0.1, -0.05) is 22.0 Å². The first-order valence-corrected chi connectivity index (χ1v) is 10.4. The zero-order chi connectivity index (χ0) is 18.7. The van der Waals surface area contributed by atoms with Crippen LogP contribution >= 0.6 is 15.9 Å². The largest absolute Gasteiger partial charge is 0.348 e. The van der Waals surface area contributed by atoms with Crippen LogP contribution in [0.4, 0.5) is 4.39 Å². The molecule has 2 N–H and O–H groups in total. The molecule has 1 fully saturated rings. The smallest absolute Gasteiger partial charge is 0.251 e. The van der Waals surface area contributed by atoms with Crippen LogP contribution in [0.1, 0.15) is 28.8 Å². The summed E-state index contributed by atoms with van der Waals surface area (Å²) in [6.07, 6.45) is 2.08. The van der Waals surface area contributed by atoms with E-state index in [1.54, 1.807) is 12.1 Å². The van der Waals surface area contributed by atoms with Crippen molar-refractivity contribution in [3.8, 4) is 0 Å². The molecule has 0 aromatic heterocycles. The Kier molecular flexibility index (Phi) is 5.74. The molecule has 3 rings (SSSR count). The van der Waals surface area contributed by atoms with E-state index in [1.165, 1.54) is 30.3 Å². The van der Waals surface area contributed by atoms with Gasteiger partial charge in [-0.05, 0) is 55.2 Å². The Balaban J connectivity index is 1.68. The Morgan fingerprint density at radius 1 is 1.19 bits per heavy atom. The summed E-state index contributed by atoms with van der Waals surface area (Å²) >= 11 is 3.26. The molecule has 5 nitrogen and oxygen atoms in total. The third-order valence-electron chi connectivity index (χ3n) is 4.11. The quantitative estimate of drug-likeness (QED) is 0.693. The van der Waals surface area contributed by atoms with Gasteiger partial charge in [-0.2, -0.15) is 0 Å². The maximum absolute atomic E-state index is 13.7. The molecule has 8 heteroatoms. The fourth-order valence-corrected chi connectivity index (χ4v) is 3.96. The number of carbonyl (C=O) groups excluding carboxylic acids is 1. The van der Waals surface area contributed by atoms with E-state index in [0.29, 0.717) is 22.5 Å². The minimum absolute atomic E-state index is 0.00101. The van der Waals surface area contributed by atoms with Crippen molar-refractivity contribution in [3.05, 3.63) is 63.9 Å². The summed E-state index contributed by atoms with van der Waals surface area (Å²) in [6.45, 7) is 0.419. The Morgan fingerprint density at radius 3 is 2.69 bits per heavy atom. The van der Waals surface area contributed by atoms with Gasteiger partial charge in [-0.25, -0.2) is 17.5 Å². The van der Waals surface area contributed by atoms with Crippen LogP contribution in [0.25, 0.3) is 0 Å². The van der Waals surface area contributed by atoms with Gasteiger partial charge in [-0.15, -0.1) is 0 Å². The van der Waals surface area contributed by atoms with Crippen molar-refractivity contribution in [2.75, 3.05) is 6.54 Å². The van der Waals surface area contributed by atoms with Crippen LogP contribution in [0, 0.1) is 11.7 Å². The molecule has 0 aliphatic heterocycles. The van der Waals surface area contributed by atoms with Gasteiger partial charge in [0, 0.05) is 28.7 Å². The van der Waals surface area contributed by atoms with E-state index < -0.39 is 21.7 Å². The topological polar surface area (TPSA) is 75.3 Å². The Labute approximate surface area is 160 Å². The molecule has 2 aromatic rings. The average molecular weight is 441 g/mol. The molecule has 1 aliphatic carbocycles. The summed E-state index contributed by atoms with van der Waals surface area (Å²) in [4.78, 5) is 12.4. The first kappa shape index (κ1) is 19.0. The molecular weight excluding hydrogens is 423 g/mol. The molecule has 138 valence electrons. The second-order valence-corrected chi connectivity index (χ2v) is 8.92. The fourth-order valence-electron chi connectivity index (χ4n) is 2.39. The van der Waals surface area contributed by atoms with Crippen LogP contribution in [0.15, 0.2) is 51.8 Å². The van der Waals surface area contributed by atoms with E-state index in [1.807, 2.05) is 0 Å². The first-order valence-electron chi connectivity index (χ1n) is 8.17. The Bertz CT molecular complexity index is 930. The number of hydrogen-bond acceptors (Lipinski definition) is 3. The number of rotatable bonds is 7. The highest BCUT2D eigenvalue weighted by molar-refractivity contribution is 9.10.